The second-order valence-corrected chi connectivity index (χ2v) is 8.35. The zero-order valence-corrected chi connectivity index (χ0v) is 18.1. The Hall–Kier alpha value is -2.49. The number of likely N-dealkylation sites (N-methyl/N-ethyl adjacent to an activating group) is 1. The Morgan fingerprint density at radius 2 is 1.79 bits per heavy atom. The molecule has 0 radical (unpaired) electrons. The van der Waals surface area contributed by atoms with Gasteiger partial charge in [0.1, 0.15) is 17.2 Å². The lowest BCUT2D eigenvalue weighted by atomic mass is 10.2. The number of rotatable bonds is 9. The van der Waals surface area contributed by atoms with Crippen molar-refractivity contribution in [3.8, 4) is 17.2 Å². The van der Waals surface area contributed by atoms with Gasteiger partial charge in [-0.05, 0) is 37.3 Å². The normalized spacial score (nSPS) is 11.2. The molecule has 0 atom stereocenters. The lowest BCUT2D eigenvalue weighted by Gasteiger charge is -2.18. The number of halogens is 1. The van der Waals surface area contributed by atoms with E-state index < -0.39 is 22.5 Å². The molecule has 0 unspecified atom stereocenters. The van der Waals surface area contributed by atoms with Crippen LogP contribution in [0.4, 0.5) is 5.69 Å². The van der Waals surface area contributed by atoms with Gasteiger partial charge >= 0.3 is 0 Å². The topological polar surface area (TPSA) is 94.2 Å². The van der Waals surface area contributed by atoms with Crippen LogP contribution in [-0.4, -0.2) is 53.0 Å². The van der Waals surface area contributed by atoms with E-state index in [2.05, 4.69) is 5.32 Å². The fourth-order valence-corrected chi connectivity index (χ4v) is 3.94. The van der Waals surface area contributed by atoms with E-state index in [1.165, 1.54) is 39.5 Å². The molecule has 0 aliphatic carbocycles. The van der Waals surface area contributed by atoms with Crippen LogP contribution in [-0.2, 0) is 14.8 Å². The molecule has 2 aromatic rings. The van der Waals surface area contributed by atoms with Crippen molar-refractivity contribution < 1.29 is 27.4 Å². The largest absolute Gasteiger partial charge is 0.497 e. The fraction of sp³-hybridized carbons (Fsp3) is 0.316. The molecular weight excluding hydrogens is 420 g/mol. The first-order valence-corrected chi connectivity index (χ1v) is 10.4. The van der Waals surface area contributed by atoms with Crippen LogP contribution in [0.2, 0.25) is 5.02 Å². The van der Waals surface area contributed by atoms with Gasteiger partial charge in [-0.1, -0.05) is 11.6 Å². The SMILES string of the molecule is CCOc1ccc(S(=O)(=O)N(C)CC(=O)Nc2cc(OC)ccc2OC)cc1Cl. The minimum atomic E-state index is -3.93. The van der Waals surface area contributed by atoms with Gasteiger partial charge < -0.3 is 19.5 Å². The maximum absolute atomic E-state index is 12.8. The molecule has 2 rings (SSSR count). The molecule has 0 aliphatic heterocycles. The lowest BCUT2D eigenvalue weighted by molar-refractivity contribution is -0.116. The second-order valence-electron chi connectivity index (χ2n) is 5.90. The van der Waals surface area contributed by atoms with Crippen LogP contribution in [0, 0.1) is 0 Å². The van der Waals surface area contributed by atoms with Gasteiger partial charge in [0.25, 0.3) is 0 Å². The number of amides is 1. The molecule has 8 nitrogen and oxygen atoms in total. The van der Waals surface area contributed by atoms with Gasteiger partial charge in [0, 0.05) is 13.1 Å². The molecule has 10 heteroatoms. The molecule has 1 N–H and O–H groups in total. The second kappa shape index (κ2) is 9.82. The Balaban J connectivity index is 2.15. The maximum Gasteiger partial charge on any atom is 0.243 e. The van der Waals surface area contributed by atoms with Gasteiger partial charge in [0.2, 0.25) is 15.9 Å². The predicted molar refractivity (Wildman–Crippen MR) is 111 cm³/mol. The van der Waals surface area contributed by atoms with Crippen LogP contribution >= 0.6 is 11.6 Å². The fourth-order valence-electron chi connectivity index (χ4n) is 2.48. The summed E-state index contributed by atoms with van der Waals surface area (Å²) < 4.78 is 42.1. The summed E-state index contributed by atoms with van der Waals surface area (Å²) in [5.74, 6) is 0.785. The number of ether oxygens (including phenoxy) is 3. The number of anilines is 1. The minimum absolute atomic E-state index is 0.0415. The van der Waals surface area contributed by atoms with Crippen molar-refractivity contribution in [1.29, 1.82) is 0 Å². The Bertz CT molecular complexity index is 981. The van der Waals surface area contributed by atoms with Crippen molar-refractivity contribution in [1.82, 2.24) is 4.31 Å². The molecule has 2 aromatic carbocycles. The van der Waals surface area contributed by atoms with E-state index in [4.69, 9.17) is 25.8 Å². The smallest absolute Gasteiger partial charge is 0.243 e. The van der Waals surface area contributed by atoms with Crippen molar-refractivity contribution in [3.63, 3.8) is 0 Å². The summed E-state index contributed by atoms with van der Waals surface area (Å²) >= 11 is 6.08. The predicted octanol–water partition coefficient (Wildman–Crippen LogP) is 3.02. The average Bonchev–Trinajstić information content (AvgIpc) is 2.69. The minimum Gasteiger partial charge on any atom is -0.497 e. The van der Waals surface area contributed by atoms with Crippen LogP contribution in [0.3, 0.4) is 0 Å². The van der Waals surface area contributed by atoms with E-state index in [1.807, 2.05) is 0 Å². The average molecular weight is 443 g/mol. The molecule has 158 valence electrons. The first kappa shape index (κ1) is 22.8. The molecule has 0 heterocycles. The first-order chi connectivity index (χ1) is 13.7. The Labute approximate surface area is 175 Å². The zero-order valence-electron chi connectivity index (χ0n) is 16.6. The molecule has 0 aromatic heterocycles. The van der Waals surface area contributed by atoms with E-state index >= 15 is 0 Å². The molecular formula is C19H23ClN2O6S. The highest BCUT2D eigenvalue weighted by atomic mass is 35.5. The summed E-state index contributed by atoms with van der Waals surface area (Å²) in [7, 11) is 0.333. The molecule has 0 spiro atoms. The molecule has 29 heavy (non-hydrogen) atoms. The van der Waals surface area contributed by atoms with E-state index in [0.29, 0.717) is 29.5 Å². The highest BCUT2D eigenvalue weighted by Gasteiger charge is 2.24. The zero-order chi connectivity index (χ0) is 21.6. The molecule has 0 aliphatic rings. The van der Waals surface area contributed by atoms with Gasteiger partial charge in [0.15, 0.2) is 0 Å². The van der Waals surface area contributed by atoms with E-state index in [-0.39, 0.29) is 9.92 Å². The number of nitrogens with zero attached hydrogens (tertiary/aromatic N) is 1. The monoisotopic (exact) mass is 442 g/mol. The number of nitrogens with one attached hydrogen (secondary N) is 1. The number of sulfonamides is 1. The van der Waals surface area contributed by atoms with Crippen molar-refractivity contribution in [2.24, 2.45) is 0 Å². The molecule has 0 saturated heterocycles. The third-order valence-corrected chi connectivity index (χ3v) is 6.05. The van der Waals surface area contributed by atoms with E-state index in [0.717, 1.165) is 4.31 Å². The first-order valence-electron chi connectivity index (χ1n) is 8.63. The van der Waals surface area contributed by atoms with Crippen LogP contribution in [0.25, 0.3) is 0 Å². The summed E-state index contributed by atoms with van der Waals surface area (Å²) in [6, 6.07) is 9.05. The molecule has 0 fully saturated rings. The highest BCUT2D eigenvalue weighted by molar-refractivity contribution is 7.89. The van der Waals surface area contributed by atoms with Crippen LogP contribution in [0.1, 0.15) is 6.92 Å². The van der Waals surface area contributed by atoms with Crippen molar-refractivity contribution >= 4 is 33.2 Å². The van der Waals surface area contributed by atoms with Gasteiger partial charge in [0.05, 0.1) is 43.0 Å². The molecule has 0 bridgehead atoms. The summed E-state index contributed by atoms with van der Waals surface area (Å²) in [4.78, 5) is 12.4. The van der Waals surface area contributed by atoms with Crippen LogP contribution in [0.5, 0.6) is 17.2 Å². The Morgan fingerprint density at radius 1 is 1.10 bits per heavy atom. The molecule has 1 amide bonds. The van der Waals surface area contributed by atoms with E-state index in [1.54, 1.807) is 25.1 Å². The van der Waals surface area contributed by atoms with Crippen molar-refractivity contribution in [2.75, 3.05) is 39.7 Å². The third kappa shape index (κ3) is 5.53. The quantitative estimate of drug-likeness (QED) is 0.641. The van der Waals surface area contributed by atoms with Gasteiger partial charge in [-0.3, -0.25) is 4.79 Å². The summed E-state index contributed by atoms with van der Waals surface area (Å²) in [5, 5.41) is 2.80. The number of hydrogen-bond acceptors (Lipinski definition) is 6. The maximum atomic E-state index is 12.8. The Morgan fingerprint density at radius 3 is 2.38 bits per heavy atom. The van der Waals surface area contributed by atoms with Crippen LogP contribution < -0.4 is 19.5 Å². The standard InChI is InChI=1S/C19H23ClN2O6S/c1-5-28-17-9-7-14(11-15(17)20)29(24,25)22(2)12-19(23)21-16-10-13(26-3)6-8-18(16)27-4/h6-11H,5,12H2,1-4H3,(H,21,23). The highest BCUT2D eigenvalue weighted by Crippen LogP contribution is 2.30. The van der Waals surface area contributed by atoms with Crippen LogP contribution in [0.15, 0.2) is 41.3 Å². The van der Waals surface area contributed by atoms with Crippen molar-refractivity contribution in [2.45, 2.75) is 11.8 Å². The van der Waals surface area contributed by atoms with Gasteiger partial charge in [-0.25, -0.2) is 8.42 Å². The third-order valence-electron chi connectivity index (χ3n) is 3.96. The van der Waals surface area contributed by atoms with Gasteiger partial charge in [-0.2, -0.15) is 4.31 Å². The summed E-state index contributed by atoms with van der Waals surface area (Å²) in [5.41, 5.74) is 0.367. The van der Waals surface area contributed by atoms with Gasteiger partial charge in [-0.15, -0.1) is 0 Å². The number of carbonyl (C=O) groups excluding carboxylic acids is 1. The lowest BCUT2D eigenvalue weighted by Crippen LogP contribution is -2.35. The summed E-state index contributed by atoms with van der Waals surface area (Å²) in [6.07, 6.45) is 0. The molecule has 0 saturated carbocycles. The van der Waals surface area contributed by atoms with Crippen molar-refractivity contribution in [3.05, 3.63) is 41.4 Å². The summed E-state index contributed by atoms with van der Waals surface area (Å²) in [6.45, 7) is 1.79. The Kier molecular flexibility index (Phi) is 7.72. The van der Waals surface area contributed by atoms with E-state index in [9.17, 15) is 13.2 Å². The number of hydrogen-bond donors (Lipinski definition) is 1. The number of methoxy groups -OCH3 is 2. The number of carbonyl (C=O) groups is 1. The number of benzene rings is 2.